The Balaban J connectivity index is 2.22. The van der Waals surface area contributed by atoms with Crippen molar-refractivity contribution in [1.29, 1.82) is 0 Å². The van der Waals surface area contributed by atoms with E-state index in [9.17, 15) is 9.18 Å². The van der Waals surface area contributed by atoms with Gasteiger partial charge in [0.25, 0.3) is 0 Å². The third-order valence-electron chi connectivity index (χ3n) is 3.24. The van der Waals surface area contributed by atoms with Crippen LogP contribution in [0.1, 0.15) is 38.7 Å². The first-order chi connectivity index (χ1) is 8.89. The van der Waals surface area contributed by atoms with Crippen molar-refractivity contribution in [3.63, 3.8) is 0 Å². The predicted octanol–water partition coefficient (Wildman–Crippen LogP) is 3.20. The van der Waals surface area contributed by atoms with Gasteiger partial charge in [0.1, 0.15) is 5.82 Å². The molecule has 0 atom stereocenters. The molecule has 0 aromatic heterocycles. The smallest absolute Gasteiger partial charge is 0.303 e. The van der Waals surface area contributed by atoms with Crippen LogP contribution in [0.5, 0.6) is 0 Å². The van der Waals surface area contributed by atoms with Gasteiger partial charge in [-0.15, -0.1) is 0 Å². The van der Waals surface area contributed by atoms with Crippen molar-refractivity contribution in [3.05, 3.63) is 35.6 Å². The molecule has 106 valence electrons. The van der Waals surface area contributed by atoms with E-state index >= 15 is 0 Å². The van der Waals surface area contributed by atoms with Crippen LogP contribution in [-0.2, 0) is 11.3 Å². The van der Waals surface area contributed by atoms with Gasteiger partial charge < -0.3 is 10.4 Å². The Morgan fingerprint density at radius 2 is 1.89 bits per heavy atom. The predicted molar refractivity (Wildman–Crippen MR) is 73.4 cm³/mol. The zero-order valence-electron chi connectivity index (χ0n) is 11.6. The first-order valence-corrected chi connectivity index (χ1v) is 6.56. The maximum atomic E-state index is 12.7. The second-order valence-corrected chi connectivity index (χ2v) is 5.61. The standard InChI is InChI=1S/C15H22FNO2/c1-15(2,8-7-14(18)19)9-10-17-11-12-3-5-13(16)6-4-12/h3-6,17H,7-11H2,1-2H3,(H,18,19). The topological polar surface area (TPSA) is 49.3 Å². The number of hydrogen-bond acceptors (Lipinski definition) is 2. The van der Waals surface area contributed by atoms with Crippen LogP contribution in [0.4, 0.5) is 4.39 Å². The van der Waals surface area contributed by atoms with Gasteiger partial charge >= 0.3 is 5.97 Å². The van der Waals surface area contributed by atoms with E-state index in [1.165, 1.54) is 12.1 Å². The monoisotopic (exact) mass is 267 g/mol. The normalized spacial score (nSPS) is 11.5. The minimum Gasteiger partial charge on any atom is -0.481 e. The summed E-state index contributed by atoms with van der Waals surface area (Å²) in [4.78, 5) is 10.5. The van der Waals surface area contributed by atoms with Crippen LogP contribution in [0.2, 0.25) is 0 Å². The minimum atomic E-state index is -0.743. The average Bonchev–Trinajstić information content (AvgIpc) is 2.35. The summed E-state index contributed by atoms with van der Waals surface area (Å²) in [6.07, 6.45) is 1.81. The fraction of sp³-hybridized carbons (Fsp3) is 0.533. The third-order valence-corrected chi connectivity index (χ3v) is 3.24. The quantitative estimate of drug-likeness (QED) is 0.711. The molecule has 1 rings (SSSR count). The van der Waals surface area contributed by atoms with E-state index in [1.807, 2.05) is 0 Å². The molecule has 0 aliphatic heterocycles. The van der Waals surface area contributed by atoms with E-state index in [1.54, 1.807) is 12.1 Å². The van der Waals surface area contributed by atoms with E-state index in [0.717, 1.165) is 18.5 Å². The maximum Gasteiger partial charge on any atom is 0.303 e. The lowest BCUT2D eigenvalue weighted by Crippen LogP contribution is -2.23. The summed E-state index contributed by atoms with van der Waals surface area (Å²) in [5.41, 5.74) is 1.07. The highest BCUT2D eigenvalue weighted by atomic mass is 19.1. The molecule has 4 heteroatoms. The highest BCUT2D eigenvalue weighted by molar-refractivity contribution is 5.66. The van der Waals surface area contributed by atoms with Gasteiger partial charge in [0.2, 0.25) is 0 Å². The maximum absolute atomic E-state index is 12.7. The van der Waals surface area contributed by atoms with E-state index < -0.39 is 5.97 Å². The number of carboxylic acid groups (broad SMARTS) is 1. The number of hydrogen-bond donors (Lipinski definition) is 2. The van der Waals surface area contributed by atoms with Crippen LogP contribution in [0.15, 0.2) is 24.3 Å². The average molecular weight is 267 g/mol. The molecule has 1 aromatic carbocycles. The van der Waals surface area contributed by atoms with Crippen LogP contribution in [-0.4, -0.2) is 17.6 Å². The Morgan fingerprint density at radius 3 is 2.47 bits per heavy atom. The lowest BCUT2D eigenvalue weighted by molar-refractivity contribution is -0.137. The molecule has 0 fully saturated rings. The Hall–Kier alpha value is -1.42. The largest absolute Gasteiger partial charge is 0.481 e. The highest BCUT2D eigenvalue weighted by Gasteiger charge is 2.18. The van der Waals surface area contributed by atoms with Gasteiger partial charge in [0.15, 0.2) is 0 Å². The van der Waals surface area contributed by atoms with Crippen LogP contribution in [0.25, 0.3) is 0 Å². The fourth-order valence-electron chi connectivity index (χ4n) is 1.83. The first kappa shape index (κ1) is 15.6. The molecule has 0 unspecified atom stereocenters. The van der Waals surface area contributed by atoms with E-state index in [0.29, 0.717) is 13.0 Å². The number of rotatable bonds is 8. The molecule has 3 nitrogen and oxygen atoms in total. The fourth-order valence-corrected chi connectivity index (χ4v) is 1.83. The van der Waals surface area contributed by atoms with Crippen molar-refractivity contribution in [2.24, 2.45) is 5.41 Å². The number of carboxylic acids is 1. The van der Waals surface area contributed by atoms with Crippen molar-refractivity contribution in [1.82, 2.24) is 5.32 Å². The Kier molecular flexibility index (Phi) is 5.96. The zero-order valence-corrected chi connectivity index (χ0v) is 11.6. The first-order valence-electron chi connectivity index (χ1n) is 6.56. The van der Waals surface area contributed by atoms with Gasteiger partial charge in [0, 0.05) is 13.0 Å². The van der Waals surface area contributed by atoms with Crippen LogP contribution < -0.4 is 5.32 Å². The van der Waals surface area contributed by atoms with Gasteiger partial charge in [-0.3, -0.25) is 4.79 Å². The van der Waals surface area contributed by atoms with Crippen molar-refractivity contribution >= 4 is 5.97 Å². The summed E-state index contributed by atoms with van der Waals surface area (Å²) in [6, 6.07) is 6.43. The van der Waals surface area contributed by atoms with Gasteiger partial charge in [-0.2, -0.15) is 0 Å². The molecule has 0 heterocycles. The van der Waals surface area contributed by atoms with Crippen molar-refractivity contribution in [2.75, 3.05) is 6.54 Å². The molecule has 0 spiro atoms. The molecule has 0 saturated carbocycles. The number of carbonyl (C=O) groups is 1. The number of aliphatic carboxylic acids is 1. The summed E-state index contributed by atoms with van der Waals surface area (Å²) in [5.74, 6) is -0.967. The van der Waals surface area contributed by atoms with Crippen LogP contribution >= 0.6 is 0 Å². The van der Waals surface area contributed by atoms with E-state index in [4.69, 9.17) is 5.11 Å². The Bertz CT molecular complexity index is 401. The number of halogens is 1. The van der Waals surface area contributed by atoms with Gasteiger partial charge in [-0.1, -0.05) is 26.0 Å². The lowest BCUT2D eigenvalue weighted by atomic mass is 9.84. The molecular weight excluding hydrogens is 245 g/mol. The van der Waals surface area contributed by atoms with Crippen LogP contribution in [0, 0.1) is 11.2 Å². The molecule has 19 heavy (non-hydrogen) atoms. The van der Waals surface area contributed by atoms with Crippen molar-refractivity contribution in [3.8, 4) is 0 Å². The van der Waals surface area contributed by atoms with Crippen LogP contribution in [0.3, 0.4) is 0 Å². The van der Waals surface area contributed by atoms with Crippen molar-refractivity contribution in [2.45, 2.75) is 39.7 Å². The summed E-state index contributed by atoms with van der Waals surface area (Å²) >= 11 is 0. The lowest BCUT2D eigenvalue weighted by Gasteiger charge is -2.23. The van der Waals surface area contributed by atoms with Gasteiger partial charge in [-0.05, 0) is 42.5 Å². The molecule has 0 aliphatic carbocycles. The molecule has 0 aliphatic rings. The molecule has 0 radical (unpaired) electrons. The molecule has 0 amide bonds. The molecule has 1 aromatic rings. The Morgan fingerprint density at radius 1 is 1.26 bits per heavy atom. The summed E-state index contributed by atoms with van der Waals surface area (Å²) in [5, 5.41) is 12.0. The second-order valence-electron chi connectivity index (χ2n) is 5.61. The highest BCUT2D eigenvalue weighted by Crippen LogP contribution is 2.26. The van der Waals surface area contributed by atoms with E-state index in [-0.39, 0.29) is 17.7 Å². The zero-order chi connectivity index (χ0) is 14.3. The number of benzene rings is 1. The SMILES string of the molecule is CC(C)(CCNCc1ccc(F)cc1)CCC(=O)O. The molecule has 2 N–H and O–H groups in total. The second kappa shape index (κ2) is 7.24. The third kappa shape index (κ3) is 6.91. The Labute approximate surface area is 113 Å². The summed E-state index contributed by atoms with van der Waals surface area (Å²) in [7, 11) is 0. The van der Waals surface area contributed by atoms with Gasteiger partial charge in [-0.25, -0.2) is 4.39 Å². The number of nitrogens with one attached hydrogen (secondary N) is 1. The minimum absolute atomic E-state index is 0.0220. The molecular formula is C15H22FNO2. The summed E-state index contributed by atoms with van der Waals surface area (Å²) < 4.78 is 12.7. The van der Waals surface area contributed by atoms with Gasteiger partial charge in [0.05, 0.1) is 0 Å². The molecule has 0 bridgehead atoms. The molecule has 0 saturated heterocycles. The van der Waals surface area contributed by atoms with Crippen molar-refractivity contribution < 1.29 is 14.3 Å². The summed E-state index contributed by atoms with van der Waals surface area (Å²) in [6.45, 7) is 5.68. The van der Waals surface area contributed by atoms with E-state index in [2.05, 4.69) is 19.2 Å².